The minimum Gasteiger partial charge on any atom is -0.484 e. The summed E-state index contributed by atoms with van der Waals surface area (Å²) < 4.78 is 6.37. The van der Waals surface area contributed by atoms with Gasteiger partial charge in [0.05, 0.1) is 5.71 Å². The summed E-state index contributed by atoms with van der Waals surface area (Å²) in [5.41, 5.74) is 4.23. The third-order valence-electron chi connectivity index (χ3n) is 3.70. The number of benzene rings is 3. The Morgan fingerprint density at radius 3 is 2.52 bits per heavy atom. The van der Waals surface area contributed by atoms with Crippen LogP contribution in [0.4, 0.5) is 0 Å². The number of rotatable bonds is 5. The Hall–Kier alpha value is -2.66. The average molecular weight is 397 g/mol. The van der Waals surface area contributed by atoms with Gasteiger partial charge < -0.3 is 4.74 Å². The fourth-order valence-corrected chi connectivity index (χ4v) is 2.60. The summed E-state index contributed by atoms with van der Waals surface area (Å²) in [6, 6.07) is 21.5. The number of nitrogens with zero attached hydrogens (tertiary/aromatic N) is 1. The SMILES string of the molecule is C/C(=N/NC(=O)COc1ccc(Br)cc1)c1ccc2ccccc2c1. The molecule has 0 aromatic heterocycles. The van der Waals surface area contributed by atoms with Crippen molar-refractivity contribution in [2.45, 2.75) is 6.92 Å². The summed E-state index contributed by atoms with van der Waals surface area (Å²) in [6.45, 7) is 1.77. The van der Waals surface area contributed by atoms with E-state index >= 15 is 0 Å². The van der Waals surface area contributed by atoms with Crippen LogP contribution in [0.25, 0.3) is 10.8 Å². The van der Waals surface area contributed by atoms with Gasteiger partial charge in [-0.15, -0.1) is 0 Å². The van der Waals surface area contributed by atoms with Crippen LogP contribution in [-0.2, 0) is 4.79 Å². The van der Waals surface area contributed by atoms with Gasteiger partial charge in [-0.3, -0.25) is 4.79 Å². The quantitative estimate of drug-likeness (QED) is 0.508. The topological polar surface area (TPSA) is 50.7 Å². The number of hydrogen-bond acceptors (Lipinski definition) is 3. The Kier molecular flexibility index (Phi) is 5.46. The Labute approximate surface area is 154 Å². The predicted octanol–water partition coefficient (Wildman–Crippen LogP) is 4.52. The molecule has 3 aromatic rings. The van der Waals surface area contributed by atoms with Crippen molar-refractivity contribution in [1.29, 1.82) is 0 Å². The van der Waals surface area contributed by atoms with E-state index in [0.29, 0.717) is 5.75 Å². The van der Waals surface area contributed by atoms with Crippen molar-refractivity contribution in [3.05, 3.63) is 76.8 Å². The maximum Gasteiger partial charge on any atom is 0.277 e. The third-order valence-corrected chi connectivity index (χ3v) is 4.23. The van der Waals surface area contributed by atoms with Crippen LogP contribution >= 0.6 is 15.9 Å². The van der Waals surface area contributed by atoms with Gasteiger partial charge in [0.25, 0.3) is 5.91 Å². The molecular weight excluding hydrogens is 380 g/mol. The van der Waals surface area contributed by atoms with E-state index in [9.17, 15) is 4.79 Å². The van der Waals surface area contributed by atoms with Crippen LogP contribution < -0.4 is 10.2 Å². The zero-order chi connectivity index (χ0) is 17.6. The summed E-state index contributed by atoms with van der Waals surface area (Å²) in [4.78, 5) is 11.9. The number of nitrogens with one attached hydrogen (secondary N) is 1. The lowest BCUT2D eigenvalue weighted by Crippen LogP contribution is -2.25. The van der Waals surface area contributed by atoms with Crippen molar-refractivity contribution in [2.24, 2.45) is 5.10 Å². The molecule has 0 radical (unpaired) electrons. The fourth-order valence-electron chi connectivity index (χ4n) is 2.34. The lowest BCUT2D eigenvalue weighted by molar-refractivity contribution is -0.123. The van der Waals surface area contributed by atoms with E-state index in [-0.39, 0.29) is 12.5 Å². The van der Waals surface area contributed by atoms with Gasteiger partial charge in [0.2, 0.25) is 0 Å². The number of halogens is 1. The summed E-state index contributed by atoms with van der Waals surface area (Å²) in [5.74, 6) is 0.330. The van der Waals surface area contributed by atoms with Gasteiger partial charge in [0.15, 0.2) is 6.61 Å². The number of carbonyl (C=O) groups is 1. The van der Waals surface area contributed by atoms with Gasteiger partial charge in [-0.05, 0) is 53.6 Å². The van der Waals surface area contributed by atoms with E-state index in [0.717, 1.165) is 21.1 Å². The van der Waals surface area contributed by atoms with E-state index in [1.54, 1.807) is 12.1 Å². The van der Waals surface area contributed by atoms with Crippen LogP contribution in [0.1, 0.15) is 12.5 Å². The molecule has 0 heterocycles. The first-order valence-electron chi connectivity index (χ1n) is 7.82. The smallest absolute Gasteiger partial charge is 0.277 e. The van der Waals surface area contributed by atoms with Crippen LogP contribution in [0, 0.1) is 0 Å². The molecule has 126 valence electrons. The molecule has 1 N–H and O–H groups in total. The average Bonchev–Trinajstić information content (AvgIpc) is 2.65. The lowest BCUT2D eigenvalue weighted by Gasteiger charge is -2.06. The number of amides is 1. The van der Waals surface area contributed by atoms with Gasteiger partial charge in [-0.25, -0.2) is 5.43 Å². The van der Waals surface area contributed by atoms with Crippen molar-refractivity contribution in [2.75, 3.05) is 6.61 Å². The van der Waals surface area contributed by atoms with Crippen LogP contribution in [0.3, 0.4) is 0 Å². The zero-order valence-corrected chi connectivity index (χ0v) is 15.3. The van der Waals surface area contributed by atoms with Gasteiger partial charge in [0, 0.05) is 4.47 Å². The van der Waals surface area contributed by atoms with E-state index in [1.165, 1.54) is 5.39 Å². The largest absolute Gasteiger partial charge is 0.484 e. The Bertz CT molecular complexity index is 920. The third kappa shape index (κ3) is 4.67. The van der Waals surface area contributed by atoms with Crippen molar-refractivity contribution in [3.63, 3.8) is 0 Å². The standard InChI is InChI=1S/C20H17BrN2O2/c1-14(16-7-6-15-4-2-3-5-17(15)12-16)22-23-20(24)13-25-19-10-8-18(21)9-11-19/h2-12H,13H2,1H3,(H,23,24)/b22-14-. The Morgan fingerprint density at radius 2 is 1.76 bits per heavy atom. The minimum absolute atomic E-state index is 0.0872. The normalized spacial score (nSPS) is 11.4. The molecule has 0 unspecified atom stereocenters. The molecule has 5 heteroatoms. The summed E-state index contributed by atoms with van der Waals surface area (Å²) >= 11 is 3.35. The molecule has 0 fully saturated rings. The predicted molar refractivity (Wildman–Crippen MR) is 104 cm³/mol. The van der Waals surface area contributed by atoms with Crippen molar-refractivity contribution in [1.82, 2.24) is 5.43 Å². The number of ether oxygens (including phenoxy) is 1. The van der Waals surface area contributed by atoms with Gasteiger partial charge in [0.1, 0.15) is 5.75 Å². The van der Waals surface area contributed by atoms with Crippen LogP contribution in [0.2, 0.25) is 0 Å². The molecule has 0 saturated carbocycles. The monoisotopic (exact) mass is 396 g/mol. The second kappa shape index (κ2) is 7.94. The van der Waals surface area contributed by atoms with Crippen LogP contribution in [0.15, 0.2) is 76.3 Å². The first-order valence-corrected chi connectivity index (χ1v) is 8.62. The molecule has 0 bridgehead atoms. The lowest BCUT2D eigenvalue weighted by atomic mass is 10.0. The first kappa shape index (κ1) is 17.2. The molecular formula is C20H17BrN2O2. The highest BCUT2D eigenvalue weighted by Gasteiger charge is 2.04. The molecule has 4 nitrogen and oxygen atoms in total. The molecule has 0 atom stereocenters. The number of carbonyl (C=O) groups excluding carboxylic acids is 1. The maximum atomic E-state index is 11.9. The van der Waals surface area contributed by atoms with Crippen LogP contribution in [-0.4, -0.2) is 18.2 Å². The first-order chi connectivity index (χ1) is 12.1. The highest BCUT2D eigenvalue weighted by Crippen LogP contribution is 2.17. The number of fused-ring (bicyclic) bond motifs is 1. The van der Waals surface area contributed by atoms with E-state index in [4.69, 9.17) is 4.74 Å². The van der Waals surface area contributed by atoms with Crippen LogP contribution in [0.5, 0.6) is 5.75 Å². The zero-order valence-electron chi connectivity index (χ0n) is 13.7. The van der Waals surface area contributed by atoms with Gasteiger partial charge >= 0.3 is 0 Å². The fraction of sp³-hybridized carbons (Fsp3) is 0.100. The van der Waals surface area contributed by atoms with Crippen molar-refractivity contribution < 1.29 is 9.53 Å². The van der Waals surface area contributed by atoms with Gasteiger partial charge in [-0.2, -0.15) is 5.10 Å². The van der Waals surface area contributed by atoms with E-state index in [1.807, 2.05) is 43.3 Å². The molecule has 3 aromatic carbocycles. The number of hydrogen-bond donors (Lipinski definition) is 1. The maximum absolute atomic E-state index is 11.9. The molecule has 1 amide bonds. The second-order valence-electron chi connectivity index (χ2n) is 5.54. The molecule has 3 rings (SSSR count). The van der Waals surface area contributed by atoms with Crippen molar-refractivity contribution >= 4 is 38.3 Å². The molecule has 0 spiro atoms. The van der Waals surface area contributed by atoms with Crippen molar-refractivity contribution in [3.8, 4) is 5.75 Å². The Balaban J connectivity index is 1.59. The molecule has 25 heavy (non-hydrogen) atoms. The minimum atomic E-state index is -0.303. The highest BCUT2D eigenvalue weighted by molar-refractivity contribution is 9.10. The molecule has 0 aliphatic heterocycles. The molecule has 0 aliphatic rings. The molecule has 0 aliphatic carbocycles. The Morgan fingerprint density at radius 1 is 1.04 bits per heavy atom. The summed E-state index contributed by atoms with van der Waals surface area (Å²) in [7, 11) is 0. The van der Waals surface area contributed by atoms with E-state index < -0.39 is 0 Å². The molecule has 0 saturated heterocycles. The summed E-state index contributed by atoms with van der Waals surface area (Å²) in [6.07, 6.45) is 0. The summed E-state index contributed by atoms with van der Waals surface area (Å²) in [5, 5.41) is 6.47. The van der Waals surface area contributed by atoms with E-state index in [2.05, 4.69) is 44.7 Å². The second-order valence-corrected chi connectivity index (χ2v) is 6.45. The van der Waals surface area contributed by atoms with Gasteiger partial charge in [-0.1, -0.05) is 52.3 Å². The number of hydrazone groups is 1. The highest BCUT2D eigenvalue weighted by atomic mass is 79.9.